The Kier molecular flexibility index (Phi) is 6.75. The van der Waals surface area contributed by atoms with Crippen LogP contribution in [0.2, 0.25) is 0 Å². The van der Waals surface area contributed by atoms with Gasteiger partial charge in [0.15, 0.2) is 12.4 Å². The zero-order chi connectivity index (χ0) is 14.6. The number of aldehydes is 1. The second kappa shape index (κ2) is 6.83. The fraction of sp³-hybridized carbons (Fsp3) is 0.800. The van der Waals surface area contributed by atoms with Crippen LogP contribution >= 0.6 is 15.6 Å². The number of hydrogen-bond acceptors (Lipinski definition) is 7. The number of phosphoric acid groups is 2. The molecule has 0 saturated heterocycles. The summed E-state index contributed by atoms with van der Waals surface area (Å²) in [6.45, 7) is -1.12. The molecule has 0 amide bonds. The Morgan fingerprint density at radius 1 is 1.06 bits per heavy atom. The van der Waals surface area contributed by atoms with Gasteiger partial charge < -0.3 is 34.6 Å². The molecular formula is C5H12O11P2. The van der Waals surface area contributed by atoms with Gasteiger partial charge in [-0.05, 0) is 0 Å². The van der Waals surface area contributed by atoms with Crippen LogP contribution < -0.4 is 0 Å². The number of aliphatic hydroxyl groups excluding tert-OH is 2. The van der Waals surface area contributed by atoms with Crippen molar-refractivity contribution in [1.29, 1.82) is 0 Å². The van der Waals surface area contributed by atoms with Crippen LogP contribution in [0.3, 0.4) is 0 Å². The highest BCUT2D eigenvalue weighted by atomic mass is 31.2. The SMILES string of the molecule is O=C[C@@H](OP(=O)(O)O)[C@H](O)[C@@H](CO)OP(=O)(O)O. The summed E-state index contributed by atoms with van der Waals surface area (Å²) in [6.07, 6.45) is -6.50. The van der Waals surface area contributed by atoms with E-state index >= 15 is 0 Å². The molecule has 0 heterocycles. The maximum absolute atomic E-state index is 10.5. The minimum atomic E-state index is -5.12. The molecule has 0 bridgehead atoms. The largest absolute Gasteiger partial charge is 0.470 e. The molecule has 0 aromatic carbocycles. The van der Waals surface area contributed by atoms with E-state index in [2.05, 4.69) is 9.05 Å². The predicted octanol–water partition coefficient (Wildman–Crippen LogP) is -2.51. The van der Waals surface area contributed by atoms with E-state index < -0.39 is 40.6 Å². The van der Waals surface area contributed by atoms with Gasteiger partial charge in [0.05, 0.1) is 6.61 Å². The van der Waals surface area contributed by atoms with E-state index in [9.17, 15) is 19.0 Å². The van der Waals surface area contributed by atoms with Crippen molar-refractivity contribution in [1.82, 2.24) is 0 Å². The van der Waals surface area contributed by atoms with Gasteiger partial charge in [0.2, 0.25) is 0 Å². The Morgan fingerprint density at radius 2 is 1.50 bits per heavy atom. The van der Waals surface area contributed by atoms with Crippen molar-refractivity contribution in [3.63, 3.8) is 0 Å². The Labute approximate surface area is 100 Å². The highest BCUT2D eigenvalue weighted by Crippen LogP contribution is 2.41. The summed E-state index contributed by atoms with van der Waals surface area (Å²) in [4.78, 5) is 44.2. The quantitative estimate of drug-likeness (QED) is 0.205. The van der Waals surface area contributed by atoms with Crippen molar-refractivity contribution in [3.05, 3.63) is 0 Å². The fourth-order valence-corrected chi connectivity index (χ4v) is 1.95. The Hall–Kier alpha value is -0.190. The van der Waals surface area contributed by atoms with Gasteiger partial charge in [-0.25, -0.2) is 9.13 Å². The molecule has 0 unspecified atom stereocenters. The predicted molar refractivity (Wildman–Crippen MR) is 53.0 cm³/mol. The molecule has 11 nitrogen and oxygen atoms in total. The van der Waals surface area contributed by atoms with Gasteiger partial charge >= 0.3 is 15.6 Å². The molecule has 0 aliphatic heterocycles. The Morgan fingerprint density at radius 3 is 1.78 bits per heavy atom. The van der Waals surface area contributed by atoms with Crippen LogP contribution in [0.4, 0.5) is 0 Å². The summed E-state index contributed by atoms with van der Waals surface area (Å²) < 4.78 is 28.7. The number of hydrogen-bond donors (Lipinski definition) is 6. The summed E-state index contributed by atoms with van der Waals surface area (Å²) in [7, 11) is -10.2. The number of carbonyl (C=O) groups excluding carboxylic acids is 1. The molecule has 0 aromatic heterocycles. The van der Waals surface area contributed by atoms with Crippen molar-refractivity contribution >= 4 is 21.9 Å². The van der Waals surface area contributed by atoms with Crippen LogP contribution in [-0.2, 0) is 23.0 Å². The van der Waals surface area contributed by atoms with Gasteiger partial charge in [-0.1, -0.05) is 0 Å². The first-order valence-corrected chi connectivity index (χ1v) is 7.28. The van der Waals surface area contributed by atoms with Gasteiger partial charge in [0.25, 0.3) is 0 Å². The third-order valence-electron chi connectivity index (χ3n) is 1.56. The molecule has 13 heteroatoms. The van der Waals surface area contributed by atoms with Crippen LogP contribution in [0.5, 0.6) is 0 Å². The molecule has 0 saturated carbocycles. The molecular weight excluding hydrogens is 298 g/mol. The lowest BCUT2D eigenvalue weighted by atomic mass is 10.1. The summed E-state index contributed by atoms with van der Waals surface area (Å²) >= 11 is 0. The van der Waals surface area contributed by atoms with Crippen molar-refractivity contribution < 1.29 is 52.8 Å². The molecule has 108 valence electrons. The molecule has 3 atom stereocenters. The lowest BCUT2D eigenvalue weighted by Crippen LogP contribution is -2.42. The standard InChI is InChI=1S/C5H12O11P2/c6-1-3(15-17(9,10)11)5(8)4(2-7)16-18(12,13)14/h1,3-5,7-8H,2H2,(H2,9,10,11)(H2,12,13,14)/t3-,4-,5+/m1/s1. The minimum absolute atomic E-state index is 0.213. The molecule has 18 heavy (non-hydrogen) atoms. The molecule has 0 spiro atoms. The maximum atomic E-state index is 10.5. The highest BCUT2D eigenvalue weighted by Gasteiger charge is 2.36. The van der Waals surface area contributed by atoms with E-state index in [1.54, 1.807) is 0 Å². The number of phosphoric ester groups is 2. The van der Waals surface area contributed by atoms with E-state index in [0.29, 0.717) is 0 Å². The van der Waals surface area contributed by atoms with Crippen molar-refractivity contribution in [2.24, 2.45) is 0 Å². The second-order valence-corrected chi connectivity index (χ2v) is 5.39. The number of rotatable bonds is 8. The van der Waals surface area contributed by atoms with E-state index in [1.807, 2.05) is 0 Å². The van der Waals surface area contributed by atoms with E-state index in [-0.39, 0.29) is 6.29 Å². The van der Waals surface area contributed by atoms with Gasteiger partial charge in [-0.2, -0.15) is 0 Å². The van der Waals surface area contributed by atoms with Crippen LogP contribution in [0, 0.1) is 0 Å². The van der Waals surface area contributed by atoms with Gasteiger partial charge in [0.1, 0.15) is 12.2 Å². The first-order chi connectivity index (χ1) is 8.00. The molecule has 0 aliphatic rings. The van der Waals surface area contributed by atoms with Crippen molar-refractivity contribution in [2.75, 3.05) is 6.61 Å². The number of aliphatic hydroxyl groups is 2. The van der Waals surface area contributed by atoms with Crippen LogP contribution in [-0.4, -0.2) is 61.0 Å². The lowest BCUT2D eigenvalue weighted by Gasteiger charge is -2.25. The zero-order valence-electron chi connectivity index (χ0n) is 8.64. The van der Waals surface area contributed by atoms with E-state index in [4.69, 9.17) is 24.7 Å². The molecule has 6 N–H and O–H groups in total. The van der Waals surface area contributed by atoms with Crippen molar-refractivity contribution in [3.8, 4) is 0 Å². The fourth-order valence-electron chi connectivity index (χ4n) is 0.918. The third kappa shape index (κ3) is 7.29. The number of carbonyl (C=O) groups is 1. The summed E-state index contributed by atoms with van der Waals surface area (Å²) in [5, 5.41) is 18.1. The Balaban J connectivity index is 4.83. The van der Waals surface area contributed by atoms with E-state index in [1.165, 1.54) is 0 Å². The van der Waals surface area contributed by atoms with Gasteiger partial charge in [-0.3, -0.25) is 9.05 Å². The molecule has 0 aliphatic carbocycles. The summed E-state index contributed by atoms with van der Waals surface area (Å²) in [5.74, 6) is 0. The topological polar surface area (TPSA) is 191 Å². The third-order valence-corrected chi connectivity index (χ3v) is 2.63. The van der Waals surface area contributed by atoms with E-state index in [0.717, 1.165) is 0 Å². The summed E-state index contributed by atoms with van der Waals surface area (Å²) in [5.41, 5.74) is 0. The molecule has 0 aromatic rings. The molecule has 0 radical (unpaired) electrons. The minimum Gasteiger partial charge on any atom is -0.394 e. The zero-order valence-corrected chi connectivity index (χ0v) is 10.4. The Bertz CT molecular complexity index is 356. The average molecular weight is 310 g/mol. The monoisotopic (exact) mass is 310 g/mol. The first-order valence-electron chi connectivity index (χ1n) is 4.22. The smallest absolute Gasteiger partial charge is 0.394 e. The van der Waals surface area contributed by atoms with Gasteiger partial charge in [-0.15, -0.1) is 0 Å². The first kappa shape index (κ1) is 17.8. The summed E-state index contributed by atoms with van der Waals surface area (Å²) in [6, 6.07) is 0. The maximum Gasteiger partial charge on any atom is 0.470 e. The van der Waals surface area contributed by atoms with Crippen LogP contribution in [0.15, 0.2) is 0 Å². The lowest BCUT2D eigenvalue weighted by molar-refractivity contribution is -0.126. The second-order valence-electron chi connectivity index (χ2n) is 3.00. The molecule has 0 fully saturated rings. The van der Waals surface area contributed by atoms with Crippen LogP contribution in [0.25, 0.3) is 0 Å². The highest BCUT2D eigenvalue weighted by molar-refractivity contribution is 7.46. The van der Waals surface area contributed by atoms with Crippen LogP contribution in [0.1, 0.15) is 0 Å². The van der Waals surface area contributed by atoms with Gasteiger partial charge in [0, 0.05) is 0 Å². The normalized spacial score (nSPS) is 18.1. The molecule has 0 rings (SSSR count). The van der Waals surface area contributed by atoms with Crippen molar-refractivity contribution in [2.45, 2.75) is 18.3 Å². The average Bonchev–Trinajstić information content (AvgIpc) is 2.19.